The monoisotopic (exact) mass is 361 g/mol. The number of ether oxygens (including phenoxy) is 2. The first-order valence-corrected chi connectivity index (χ1v) is 8.02. The molecule has 0 aliphatic carbocycles. The maximum absolute atomic E-state index is 12.1. The van der Waals surface area contributed by atoms with Crippen LogP contribution in [0.15, 0.2) is 23.0 Å². The molecule has 2 aromatic rings. The Morgan fingerprint density at radius 1 is 1.19 bits per heavy atom. The Hall–Kier alpha value is -3.23. The van der Waals surface area contributed by atoms with Gasteiger partial charge < -0.3 is 14.0 Å². The normalized spacial score (nSPS) is 10.4. The summed E-state index contributed by atoms with van der Waals surface area (Å²) in [4.78, 5) is 51.0. The summed E-state index contributed by atoms with van der Waals surface area (Å²) in [6.45, 7) is 4.99. The Kier molecular flexibility index (Phi) is 6.05. The number of hydrogen-bond donors (Lipinski definition) is 1. The Morgan fingerprint density at radius 2 is 1.92 bits per heavy atom. The van der Waals surface area contributed by atoms with Gasteiger partial charge in [0, 0.05) is 6.54 Å². The van der Waals surface area contributed by atoms with Crippen molar-refractivity contribution in [1.82, 2.24) is 14.9 Å². The Morgan fingerprint density at radius 3 is 2.58 bits per heavy atom. The van der Waals surface area contributed by atoms with Crippen molar-refractivity contribution >= 4 is 29.0 Å². The summed E-state index contributed by atoms with van der Waals surface area (Å²) in [7, 11) is 0. The number of carbonyl (C=O) groups excluding carboxylic acids is 3. The number of imide groups is 1. The van der Waals surface area contributed by atoms with Crippen molar-refractivity contribution in [1.29, 1.82) is 0 Å². The molecular weight excluding hydrogens is 342 g/mol. The van der Waals surface area contributed by atoms with Crippen molar-refractivity contribution in [3.63, 3.8) is 0 Å². The molecule has 26 heavy (non-hydrogen) atoms. The quantitative estimate of drug-likeness (QED) is 0.794. The number of amides is 2. The van der Waals surface area contributed by atoms with Gasteiger partial charge in [-0.15, -0.1) is 0 Å². The molecule has 0 saturated heterocycles. The third kappa shape index (κ3) is 4.24. The molecule has 0 fully saturated rings. The van der Waals surface area contributed by atoms with E-state index >= 15 is 0 Å². The number of aromatic nitrogens is 2. The summed E-state index contributed by atoms with van der Waals surface area (Å²) in [6.07, 6.45) is -0.906. The minimum Gasteiger partial charge on any atom is -0.452 e. The fourth-order valence-electron chi connectivity index (χ4n) is 2.35. The van der Waals surface area contributed by atoms with Gasteiger partial charge >= 0.3 is 12.1 Å². The van der Waals surface area contributed by atoms with E-state index in [2.05, 4.69) is 9.72 Å². The summed E-state index contributed by atoms with van der Waals surface area (Å²) in [5.41, 5.74) is 1.37. The summed E-state index contributed by atoms with van der Waals surface area (Å²) >= 11 is 0. The van der Waals surface area contributed by atoms with E-state index in [4.69, 9.17) is 4.74 Å². The average Bonchev–Trinajstić information content (AvgIpc) is 2.60. The molecule has 0 aliphatic heterocycles. The fourth-order valence-corrected chi connectivity index (χ4v) is 2.35. The number of hydrogen-bond acceptors (Lipinski definition) is 7. The predicted octanol–water partition coefficient (Wildman–Crippen LogP) is 1.15. The van der Waals surface area contributed by atoms with Gasteiger partial charge in [0.25, 0.3) is 11.5 Å². The van der Waals surface area contributed by atoms with Gasteiger partial charge in [-0.1, -0.05) is 0 Å². The van der Waals surface area contributed by atoms with Gasteiger partial charge in [-0.3, -0.25) is 14.9 Å². The lowest BCUT2D eigenvalue weighted by Crippen LogP contribution is -2.34. The Bertz CT molecular complexity index is 919. The molecule has 9 nitrogen and oxygen atoms in total. The van der Waals surface area contributed by atoms with Crippen molar-refractivity contribution in [2.75, 3.05) is 13.2 Å². The second-order valence-electron chi connectivity index (χ2n) is 5.29. The first kappa shape index (κ1) is 19.1. The number of fused-ring (bicyclic) bond motifs is 1. The Balaban J connectivity index is 2.14. The van der Waals surface area contributed by atoms with Crippen molar-refractivity contribution in [3.8, 4) is 0 Å². The average molecular weight is 361 g/mol. The van der Waals surface area contributed by atoms with E-state index in [0.717, 1.165) is 0 Å². The Labute approximate surface area is 148 Å². The third-order valence-corrected chi connectivity index (χ3v) is 3.51. The molecule has 1 aromatic heterocycles. The van der Waals surface area contributed by atoms with E-state index in [-0.39, 0.29) is 17.7 Å². The number of benzene rings is 1. The topological polar surface area (TPSA) is 117 Å². The van der Waals surface area contributed by atoms with Gasteiger partial charge in [0.1, 0.15) is 5.69 Å². The van der Waals surface area contributed by atoms with Crippen LogP contribution in [0.4, 0.5) is 4.79 Å². The molecule has 0 spiro atoms. The van der Waals surface area contributed by atoms with Crippen LogP contribution in [0, 0.1) is 6.92 Å². The van der Waals surface area contributed by atoms with Crippen LogP contribution in [0.3, 0.4) is 0 Å². The lowest BCUT2D eigenvalue weighted by molar-refractivity contribution is -0.123. The summed E-state index contributed by atoms with van der Waals surface area (Å²) in [5.74, 6) is -1.55. The zero-order chi connectivity index (χ0) is 19.3. The molecule has 2 rings (SSSR count). The van der Waals surface area contributed by atoms with E-state index < -0.39 is 24.6 Å². The van der Waals surface area contributed by atoms with E-state index in [1.54, 1.807) is 24.5 Å². The van der Waals surface area contributed by atoms with E-state index in [1.807, 2.05) is 12.2 Å². The minimum atomic E-state index is -0.906. The van der Waals surface area contributed by atoms with Gasteiger partial charge in [-0.05, 0) is 39.0 Å². The lowest BCUT2D eigenvalue weighted by atomic mass is 10.2. The van der Waals surface area contributed by atoms with E-state index in [0.29, 0.717) is 23.3 Å². The highest BCUT2D eigenvalue weighted by atomic mass is 16.6. The summed E-state index contributed by atoms with van der Waals surface area (Å²) in [6, 6.07) is 4.57. The molecule has 1 heterocycles. The van der Waals surface area contributed by atoms with Crippen molar-refractivity contribution in [2.24, 2.45) is 0 Å². The highest BCUT2D eigenvalue weighted by molar-refractivity contribution is 5.97. The number of aryl methyl sites for hydroxylation is 2. The molecule has 1 N–H and O–H groups in total. The molecule has 0 radical (unpaired) electrons. The van der Waals surface area contributed by atoms with E-state index in [1.165, 1.54) is 12.1 Å². The number of esters is 1. The molecule has 0 unspecified atom stereocenters. The summed E-state index contributed by atoms with van der Waals surface area (Å²) in [5, 5.41) is 1.92. The second-order valence-corrected chi connectivity index (χ2v) is 5.29. The van der Waals surface area contributed by atoms with Gasteiger partial charge in [0.05, 0.1) is 23.2 Å². The molecule has 0 atom stereocenters. The van der Waals surface area contributed by atoms with E-state index in [9.17, 15) is 19.2 Å². The van der Waals surface area contributed by atoms with Crippen LogP contribution in [0.25, 0.3) is 11.0 Å². The minimum absolute atomic E-state index is 0.116. The molecular formula is C17H19N3O6. The molecule has 0 saturated carbocycles. The van der Waals surface area contributed by atoms with Crippen LogP contribution >= 0.6 is 0 Å². The molecule has 1 aromatic carbocycles. The number of alkyl carbamates (subject to hydrolysis) is 1. The summed E-state index contributed by atoms with van der Waals surface area (Å²) < 4.78 is 11.0. The lowest BCUT2D eigenvalue weighted by Gasteiger charge is -2.10. The van der Waals surface area contributed by atoms with Crippen molar-refractivity contribution < 1.29 is 23.9 Å². The number of carbonyl (C=O) groups is 3. The fraction of sp³-hybridized carbons (Fsp3) is 0.353. The standard InChI is InChI=1S/C17H19N3O6/c1-4-20-13-7-6-11(8-12(13)18-10(3)15(20)22)16(23)26-9-14(21)19-17(24)25-5-2/h6-8H,4-5,9H2,1-3H3,(H,19,21,24). The SMILES string of the molecule is CCOC(=O)NC(=O)COC(=O)c1ccc2c(c1)nc(C)c(=O)n2CC. The highest BCUT2D eigenvalue weighted by Crippen LogP contribution is 2.14. The van der Waals surface area contributed by atoms with Gasteiger partial charge in [0.2, 0.25) is 0 Å². The number of nitrogens with one attached hydrogen (secondary N) is 1. The third-order valence-electron chi connectivity index (χ3n) is 3.51. The van der Waals surface area contributed by atoms with Crippen LogP contribution in [-0.4, -0.2) is 40.7 Å². The van der Waals surface area contributed by atoms with Crippen molar-refractivity contribution in [3.05, 3.63) is 39.8 Å². The van der Waals surface area contributed by atoms with Gasteiger partial charge in [0.15, 0.2) is 6.61 Å². The smallest absolute Gasteiger partial charge is 0.413 e. The maximum atomic E-state index is 12.1. The maximum Gasteiger partial charge on any atom is 0.413 e. The number of nitrogens with zero attached hydrogens (tertiary/aromatic N) is 2. The van der Waals surface area contributed by atoms with Crippen LogP contribution in [0.1, 0.15) is 29.9 Å². The van der Waals surface area contributed by atoms with Gasteiger partial charge in [-0.2, -0.15) is 0 Å². The molecule has 9 heteroatoms. The second kappa shape index (κ2) is 8.24. The van der Waals surface area contributed by atoms with Crippen LogP contribution < -0.4 is 10.9 Å². The molecule has 0 bridgehead atoms. The largest absolute Gasteiger partial charge is 0.452 e. The number of rotatable bonds is 5. The van der Waals surface area contributed by atoms with Crippen molar-refractivity contribution in [2.45, 2.75) is 27.3 Å². The first-order chi connectivity index (χ1) is 12.4. The van der Waals surface area contributed by atoms with Gasteiger partial charge in [-0.25, -0.2) is 14.6 Å². The molecule has 138 valence electrons. The van der Waals surface area contributed by atoms with Crippen LogP contribution in [0.2, 0.25) is 0 Å². The highest BCUT2D eigenvalue weighted by Gasteiger charge is 2.15. The molecule has 0 aliphatic rings. The zero-order valence-corrected chi connectivity index (χ0v) is 14.7. The van der Waals surface area contributed by atoms with Crippen LogP contribution in [0.5, 0.6) is 0 Å². The first-order valence-electron chi connectivity index (χ1n) is 8.02. The van der Waals surface area contributed by atoms with Crippen LogP contribution in [-0.2, 0) is 20.8 Å². The molecule has 2 amide bonds. The predicted molar refractivity (Wildman–Crippen MR) is 91.9 cm³/mol. The zero-order valence-electron chi connectivity index (χ0n) is 14.7.